The Balaban J connectivity index is 1.32. The third kappa shape index (κ3) is 8.55. The van der Waals surface area contributed by atoms with E-state index < -0.39 is 0 Å². The lowest BCUT2D eigenvalue weighted by molar-refractivity contribution is -0.143. The van der Waals surface area contributed by atoms with Crippen molar-refractivity contribution in [1.29, 1.82) is 0 Å². The number of esters is 1. The number of nitrogens with one attached hydrogen (secondary N) is 1. The van der Waals surface area contributed by atoms with E-state index in [0.29, 0.717) is 41.8 Å². The van der Waals surface area contributed by atoms with Gasteiger partial charge >= 0.3 is 5.97 Å². The monoisotopic (exact) mass is 551 g/mol. The molecule has 0 aliphatic carbocycles. The van der Waals surface area contributed by atoms with Gasteiger partial charge in [-0.05, 0) is 73.9 Å². The first-order valence-corrected chi connectivity index (χ1v) is 13.4. The minimum Gasteiger partial charge on any atom is -0.494 e. The van der Waals surface area contributed by atoms with Gasteiger partial charge in [-0.25, -0.2) is 14.4 Å². The van der Waals surface area contributed by atoms with Crippen LogP contribution in [0.25, 0.3) is 10.9 Å². The molecule has 0 radical (unpaired) electrons. The van der Waals surface area contributed by atoms with Gasteiger partial charge in [0.15, 0.2) is 0 Å². The number of ether oxygens (including phenoxy) is 3. The summed E-state index contributed by atoms with van der Waals surface area (Å²) in [6, 6.07) is 17.3. The van der Waals surface area contributed by atoms with Gasteiger partial charge in [-0.3, -0.25) is 4.79 Å². The highest BCUT2D eigenvalue weighted by Crippen LogP contribution is 2.32. The SMILES string of the molecule is CCOC(=O)CCCCCCOc1ccc2ncnc(Nc3ccc(OCc4cccc(F)c4)c(Cl)c3)c2c1. The first kappa shape index (κ1) is 28.1. The van der Waals surface area contributed by atoms with Crippen LogP contribution in [0.3, 0.4) is 0 Å². The predicted octanol–water partition coefficient (Wildman–Crippen LogP) is 7.64. The molecule has 1 aromatic heterocycles. The quantitative estimate of drug-likeness (QED) is 0.127. The molecule has 3 aromatic carbocycles. The molecule has 0 amide bonds. The highest BCUT2D eigenvalue weighted by molar-refractivity contribution is 6.32. The van der Waals surface area contributed by atoms with Crippen LogP contribution in [0, 0.1) is 5.82 Å². The summed E-state index contributed by atoms with van der Waals surface area (Å²) in [5.41, 5.74) is 2.22. The fourth-order valence-electron chi connectivity index (χ4n) is 3.99. The zero-order valence-electron chi connectivity index (χ0n) is 21.8. The second kappa shape index (κ2) is 14.3. The van der Waals surface area contributed by atoms with Crippen molar-refractivity contribution < 1.29 is 23.4 Å². The number of aromatic nitrogens is 2. The zero-order chi connectivity index (χ0) is 27.5. The maximum Gasteiger partial charge on any atom is 0.305 e. The van der Waals surface area contributed by atoms with Crippen molar-refractivity contribution in [3.63, 3.8) is 0 Å². The molecule has 204 valence electrons. The smallest absolute Gasteiger partial charge is 0.305 e. The van der Waals surface area contributed by atoms with Gasteiger partial charge in [0.1, 0.15) is 36.1 Å². The third-order valence-corrected chi connectivity index (χ3v) is 6.23. The molecule has 0 aliphatic heterocycles. The maximum atomic E-state index is 13.4. The number of carbonyl (C=O) groups is 1. The molecule has 1 N–H and O–H groups in total. The second-order valence-corrected chi connectivity index (χ2v) is 9.31. The van der Waals surface area contributed by atoms with Crippen molar-refractivity contribution in [1.82, 2.24) is 9.97 Å². The zero-order valence-corrected chi connectivity index (χ0v) is 22.5. The van der Waals surface area contributed by atoms with E-state index in [9.17, 15) is 9.18 Å². The largest absolute Gasteiger partial charge is 0.494 e. The fourth-order valence-corrected chi connectivity index (χ4v) is 4.23. The van der Waals surface area contributed by atoms with E-state index in [2.05, 4.69) is 15.3 Å². The van der Waals surface area contributed by atoms with Gasteiger partial charge in [-0.1, -0.05) is 36.6 Å². The van der Waals surface area contributed by atoms with E-state index in [4.69, 9.17) is 25.8 Å². The van der Waals surface area contributed by atoms with Gasteiger partial charge < -0.3 is 19.5 Å². The molecule has 0 bridgehead atoms. The highest BCUT2D eigenvalue weighted by Gasteiger charge is 2.09. The highest BCUT2D eigenvalue weighted by atomic mass is 35.5. The molecule has 0 unspecified atom stereocenters. The first-order chi connectivity index (χ1) is 19.0. The molecular weight excluding hydrogens is 521 g/mol. The molecule has 1 heterocycles. The number of nitrogens with zero attached hydrogens (tertiary/aromatic N) is 2. The van der Waals surface area contributed by atoms with Gasteiger partial charge in [0, 0.05) is 17.5 Å². The Kier molecular flexibility index (Phi) is 10.3. The lowest BCUT2D eigenvalue weighted by atomic mass is 10.1. The van der Waals surface area contributed by atoms with Gasteiger partial charge in [-0.15, -0.1) is 0 Å². The standard InChI is InChI=1S/C30H31ClFN3O4/c1-2-37-29(36)10-5-3-4-6-15-38-24-12-13-27-25(18-24)30(34-20-33-27)35-23-11-14-28(26(31)17-23)39-19-21-8-7-9-22(32)16-21/h7-9,11-14,16-18,20H,2-6,10,15,19H2,1H3,(H,33,34,35). The molecule has 0 fully saturated rings. The van der Waals surface area contributed by atoms with Crippen LogP contribution < -0.4 is 14.8 Å². The number of anilines is 2. The summed E-state index contributed by atoms with van der Waals surface area (Å²) in [4.78, 5) is 20.2. The topological polar surface area (TPSA) is 82.6 Å². The minimum absolute atomic E-state index is 0.135. The Morgan fingerprint density at radius 3 is 2.67 bits per heavy atom. The fraction of sp³-hybridized carbons (Fsp3) is 0.300. The number of hydrogen-bond donors (Lipinski definition) is 1. The lowest BCUT2D eigenvalue weighted by Crippen LogP contribution is -2.03. The van der Waals surface area contributed by atoms with E-state index in [1.165, 1.54) is 18.5 Å². The molecule has 39 heavy (non-hydrogen) atoms. The summed E-state index contributed by atoms with van der Waals surface area (Å²) in [6.07, 6.45) is 5.61. The lowest BCUT2D eigenvalue weighted by Gasteiger charge is -2.13. The number of benzene rings is 3. The van der Waals surface area contributed by atoms with Crippen molar-refractivity contribution in [2.45, 2.75) is 45.6 Å². The van der Waals surface area contributed by atoms with E-state index in [0.717, 1.165) is 48.0 Å². The minimum atomic E-state index is -0.310. The van der Waals surface area contributed by atoms with Gasteiger partial charge in [0.25, 0.3) is 0 Å². The van der Waals surface area contributed by atoms with E-state index in [1.807, 2.05) is 31.2 Å². The normalized spacial score (nSPS) is 10.8. The van der Waals surface area contributed by atoms with Crippen LogP contribution in [0.2, 0.25) is 5.02 Å². The number of unbranched alkanes of at least 4 members (excludes halogenated alkanes) is 3. The van der Waals surface area contributed by atoms with Crippen LogP contribution in [0.4, 0.5) is 15.9 Å². The summed E-state index contributed by atoms with van der Waals surface area (Å²) in [7, 11) is 0. The molecule has 4 rings (SSSR count). The number of carbonyl (C=O) groups excluding carboxylic acids is 1. The predicted molar refractivity (Wildman–Crippen MR) is 150 cm³/mol. The van der Waals surface area contributed by atoms with Crippen molar-refractivity contribution in [3.05, 3.63) is 83.4 Å². The van der Waals surface area contributed by atoms with Crippen molar-refractivity contribution in [2.75, 3.05) is 18.5 Å². The van der Waals surface area contributed by atoms with E-state index in [1.54, 1.807) is 24.3 Å². The summed E-state index contributed by atoms with van der Waals surface area (Å²) in [5.74, 6) is 1.40. The molecular formula is C30H31ClFN3O4. The summed E-state index contributed by atoms with van der Waals surface area (Å²) < 4.78 is 30.1. The summed E-state index contributed by atoms with van der Waals surface area (Å²) >= 11 is 6.45. The average molecular weight is 552 g/mol. The Bertz CT molecular complexity index is 1400. The Morgan fingerprint density at radius 2 is 1.85 bits per heavy atom. The van der Waals surface area contributed by atoms with Crippen LogP contribution >= 0.6 is 11.6 Å². The molecule has 0 saturated heterocycles. The van der Waals surface area contributed by atoms with Crippen LogP contribution in [-0.4, -0.2) is 29.2 Å². The number of hydrogen-bond acceptors (Lipinski definition) is 7. The van der Waals surface area contributed by atoms with Crippen molar-refractivity contribution >= 4 is 40.0 Å². The van der Waals surface area contributed by atoms with Crippen LogP contribution in [0.15, 0.2) is 67.0 Å². The molecule has 0 spiro atoms. The van der Waals surface area contributed by atoms with Crippen molar-refractivity contribution in [3.8, 4) is 11.5 Å². The van der Waals surface area contributed by atoms with Crippen LogP contribution in [0.1, 0.15) is 44.6 Å². The first-order valence-electron chi connectivity index (χ1n) is 13.0. The molecule has 0 aliphatic rings. The van der Waals surface area contributed by atoms with E-state index in [-0.39, 0.29) is 18.4 Å². The molecule has 7 nitrogen and oxygen atoms in total. The van der Waals surface area contributed by atoms with Gasteiger partial charge in [0.05, 0.1) is 23.8 Å². The van der Waals surface area contributed by atoms with E-state index >= 15 is 0 Å². The van der Waals surface area contributed by atoms with Gasteiger partial charge in [0.2, 0.25) is 0 Å². The summed E-state index contributed by atoms with van der Waals surface area (Å²) in [6.45, 7) is 3.02. The Labute approximate surface area is 232 Å². The maximum absolute atomic E-state index is 13.4. The third-order valence-electron chi connectivity index (χ3n) is 5.93. The van der Waals surface area contributed by atoms with Crippen LogP contribution in [-0.2, 0) is 16.1 Å². The molecule has 0 saturated carbocycles. The number of rotatable bonds is 14. The Hall–Kier alpha value is -3.91. The average Bonchev–Trinajstić information content (AvgIpc) is 2.92. The number of halogens is 2. The van der Waals surface area contributed by atoms with Crippen molar-refractivity contribution in [2.24, 2.45) is 0 Å². The van der Waals surface area contributed by atoms with Crippen LogP contribution in [0.5, 0.6) is 11.5 Å². The molecule has 0 atom stereocenters. The number of fused-ring (bicyclic) bond motifs is 1. The van der Waals surface area contributed by atoms with Gasteiger partial charge in [-0.2, -0.15) is 0 Å². The molecule has 4 aromatic rings. The Morgan fingerprint density at radius 1 is 0.974 bits per heavy atom. The second-order valence-electron chi connectivity index (χ2n) is 8.91. The molecule has 9 heteroatoms. The summed E-state index contributed by atoms with van der Waals surface area (Å²) in [5, 5.41) is 4.53.